The molecule has 0 radical (unpaired) electrons. The largest absolute Gasteiger partial charge is 0.481 e. The van der Waals surface area contributed by atoms with Crippen LogP contribution in [-0.4, -0.2) is 22.2 Å². The molecule has 1 atom stereocenters. The first-order valence-corrected chi connectivity index (χ1v) is 5.53. The molecule has 0 aliphatic rings. The summed E-state index contributed by atoms with van der Waals surface area (Å²) < 4.78 is 2.03. The van der Waals surface area contributed by atoms with Crippen LogP contribution >= 0.6 is 0 Å². The molecule has 0 aliphatic carbocycles. The Bertz CT molecular complexity index is 572. The normalized spacial score (nSPS) is 12.9. The van der Waals surface area contributed by atoms with E-state index in [2.05, 4.69) is 0 Å². The Morgan fingerprint density at radius 2 is 2.24 bits per heavy atom. The fourth-order valence-corrected chi connectivity index (χ4v) is 2.20. The van der Waals surface area contributed by atoms with E-state index in [1.54, 1.807) is 0 Å². The summed E-state index contributed by atoms with van der Waals surface area (Å²) in [5.41, 5.74) is 8.52. The van der Waals surface area contributed by atoms with Crippen LogP contribution in [0.2, 0.25) is 0 Å². The number of benzene rings is 1. The van der Waals surface area contributed by atoms with Crippen LogP contribution in [0, 0.1) is 6.92 Å². The summed E-state index contributed by atoms with van der Waals surface area (Å²) in [6, 6.07) is 5.72. The Balaban J connectivity index is 2.57. The number of rotatable bonds is 3. The zero-order valence-electron chi connectivity index (χ0n) is 9.97. The first kappa shape index (κ1) is 11.7. The van der Waals surface area contributed by atoms with Gasteiger partial charge in [0.2, 0.25) is 0 Å². The number of aromatic nitrogens is 1. The van der Waals surface area contributed by atoms with Crippen molar-refractivity contribution in [1.29, 1.82) is 0 Å². The van der Waals surface area contributed by atoms with Crippen molar-refractivity contribution in [3.8, 4) is 0 Å². The fourth-order valence-electron chi connectivity index (χ4n) is 2.20. The van der Waals surface area contributed by atoms with Crippen LogP contribution in [0.5, 0.6) is 0 Å². The molecule has 90 valence electrons. The predicted molar refractivity (Wildman–Crippen MR) is 67.1 cm³/mol. The highest BCUT2D eigenvalue weighted by molar-refractivity contribution is 5.86. The molecule has 0 spiro atoms. The fraction of sp³-hybridized carbons (Fsp3) is 0.308. The van der Waals surface area contributed by atoms with Gasteiger partial charge in [-0.1, -0.05) is 6.07 Å². The summed E-state index contributed by atoms with van der Waals surface area (Å²) in [7, 11) is 1.98. The number of nitrogens with zero attached hydrogens (tertiary/aromatic N) is 1. The topological polar surface area (TPSA) is 68.2 Å². The standard InChI is InChI=1S/C13H16N2O2/c1-8-7-15(2)12-4-3-9(5-10(8)12)11(6-14)13(16)17/h3-5,7,11H,6,14H2,1-2H3,(H,16,17). The van der Waals surface area contributed by atoms with E-state index in [1.165, 1.54) is 0 Å². The molecule has 1 heterocycles. The summed E-state index contributed by atoms with van der Waals surface area (Å²) in [6.07, 6.45) is 2.03. The van der Waals surface area contributed by atoms with Crippen LogP contribution in [0.4, 0.5) is 0 Å². The Kier molecular flexibility index (Phi) is 2.90. The molecule has 17 heavy (non-hydrogen) atoms. The van der Waals surface area contributed by atoms with Crippen molar-refractivity contribution in [1.82, 2.24) is 4.57 Å². The summed E-state index contributed by atoms with van der Waals surface area (Å²) in [6.45, 7) is 2.14. The second-order valence-electron chi connectivity index (χ2n) is 4.33. The molecule has 4 heteroatoms. The highest BCUT2D eigenvalue weighted by Crippen LogP contribution is 2.25. The third-order valence-corrected chi connectivity index (χ3v) is 3.15. The van der Waals surface area contributed by atoms with Gasteiger partial charge in [-0.05, 0) is 30.2 Å². The second-order valence-corrected chi connectivity index (χ2v) is 4.33. The van der Waals surface area contributed by atoms with E-state index in [0.717, 1.165) is 22.0 Å². The van der Waals surface area contributed by atoms with Crippen molar-refractivity contribution in [3.05, 3.63) is 35.5 Å². The van der Waals surface area contributed by atoms with Crippen molar-refractivity contribution in [2.45, 2.75) is 12.8 Å². The number of aliphatic carboxylic acids is 1. The van der Waals surface area contributed by atoms with Gasteiger partial charge < -0.3 is 15.4 Å². The number of carboxylic acid groups (broad SMARTS) is 1. The molecule has 0 saturated heterocycles. The van der Waals surface area contributed by atoms with Gasteiger partial charge in [-0.2, -0.15) is 0 Å². The third-order valence-electron chi connectivity index (χ3n) is 3.15. The molecule has 0 amide bonds. The molecule has 2 rings (SSSR count). The number of carboxylic acids is 1. The van der Waals surface area contributed by atoms with Gasteiger partial charge in [-0.25, -0.2) is 0 Å². The molecule has 1 unspecified atom stereocenters. The average molecular weight is 232 g/mol. The molecule has 3 N–H and O–H groups in total. The molecule has 4 nitrogen and oxygen atoms in total. The van der Waals surface area contributed by atoms with E-state index < -0.39 is 11.9 Å². The average Bonchev–Trinajstić information content (AvgIpc) is 2.55. The molecule has 1 aromatic carbocycles. The summed E-state index contributed by atoms with van der Waals surface area (Å²) >= 11 is 0. The zero-order chi connectivity index (χ0) is 12.6. The van der Waals surface area contributed by atoms with Gasteiger partial charge in [0.1, 0.15) is 0 Å². The van der Waals surface area contributed by atoms with Crippen LogP contribution in [0.3, 0.4) is 0 Å². The molecule has 1 aromatic heterocycles. The molecule has 0 aliphatic heterocycles. The van der Waals surface area contributed by atoms with Crippen LogP contribution in [-0.2, 0) is 11.8 Å². The molecule has 0 fully saturated rings. The Hall–Kier alpha value is -1.81. The third kappa shape index (κ3) is 1.91. The van der Waals surface area contributed by atoms with Crippen molar-refractivity contribution in [2.24, 2.45) is 12.8 Å². The van der Waals surface area contributed by atoms with Gasteiger partial charge in [0.25, 0.3) is 0 Å². The maximum Gasteiger partial charge on any atom is 0.312 e. The highest BCUT2D eigenvalue weighted by atomic mass is 16.4. The minimum absolute atomic E-state index is 0.118. The highest BCUT2D eigenvalue weighted by Gasteiger charge is 2.18. The maximum atomic E-state index is 11.1. The first-order chi connectivity index (χ1) is 8.04. The molecular formula is C13H16N2O2. The van der Waals surface area contributed by atoms with E-state index >= 15 is 0 Å². The van der Waals surface area contributed by atoms with Crippen molar-refractivity contribution in [3.63, 3.8) is 0 Å². The van der Waals surface area contributed by atoms with Gasteiger partial charge >= 0.3 is 5.97 Å². The minimum Gasteiger partial charge on any atom is -0.481 e. The number of fused-ring (bicyclic) bond motifs is 1. The van der Waals surface area contributed by atoms with E-state index in [9.17, 15) is 4.79 Å². The number of nitrogens with two attached hydrogens (primary N) is 1. The van der Waals surface area contributed by atoms with E-state index in [4.69, 9.17) is 10.8 Å². The van der Waals surface area contributed by atoms with E-state index in [0.29, 0.717) is 0 Å². The molecular weight excluding hydrogens is 216 g/mol. The monoisotopic (exact) mass is 232 g/mol. The Morgan fingerprint density at radius 1 is 1.53 bits per heavy atom. The Morgan fingerprint density at radius 3 is 2.82 bits per heavy atom. The number of aryl methyl sites for hydroxylation is 2. The molecule has 0 saturated carbocycles. The van der Waals surface area contributed by atoms with Crippen LogP contribution in [0.25, 0.3) is 10.9 Å². The summed E-state index contributed by atoms with van der Waals surface area (Å²) in [5, 5.41) is 10.2. The first-order valence-electron chi connectivity index (χ1n) is 5.53. The number of hydrogen-bond acceptors (Lipinski definition) is 2. The number of hydrogen-bond donors (Lipinski definition) is 2. The van der Waals surface area contributed by atoms with Crippen LogP contribution in [0.15, 0.2) is 24.4 Å². The van der Waals surface area contributed by atoms with Crippen LogP contribution < -0.4 is 5.73 Å². The maximum absolute atomic E-state index is 11.1. The van der Waals surface area contributed by atoms with E-state index in [-0.39, 0.29) is 6.54 Å². The van der Waals surface area contributed by atoms with Crippen molar-refractivity contribution < 1.29 is 9.90 Å². The van der Waals surface area contributed by atoms with Crippen molar-refractivity contribution in [2.75, 3.05) is 6.54 Å². The lowest BCUT2D eigenvalue weighted by Gasteiger charge is -2.10. The lowest BCUT2D eigenvalue weighted by atomic mass is 9.97. The van der Waals surface area contributed by atoms with Crippen LogP contribution in [0.1, 0.15) is 17.0 Å². The summed E-state index contributed by atoms with van der Waals surface area (Å²) in [5.74, 6) is -1.50. The predicted octanol–water partition coefficient (Wildman–Crippen LogP) is 1.61. The van der Waals surface area contributed by atoms with Gasteiger partial charge in [0, 0.05) is 30.7 Å². The number of carbonyl (C=O) groups is 1. The lowest BCUT2D eigenvalue weighted by Crippen LogP contribution is -2.20. The van der Waals surface area contributed by atoms with Gasteiger partial charge in [0.15, 0.2) is 0 Å². The van der Waals surface area contributed by atoms with Gasteiger partial charge in [0.05, 0.1) is 5.92 Å². The molecule has 0 bridgehead atoms. The van der Waals surface area contributed by atoms with Gasteiger partial charge in [-0.15, -0.1) is 0 Å². The zero-order valence-corrected chi connectivity index (χ0v) is 9.97. The Labute approximate surface area is 99.7 Å². The quantitative estimate of drug-likeness (QED) is 0.844. The van der Waals surface area contributed by atoms with E-state index in [1.807, 2.05) is 42.9 Å². The lowest BCUT2D eigenvalue weighted by molar-refractivity contribution is -0.138. The minimum atomic E-state index is -0.875. The van der Waals surface area contributed by atoms with Crippen molar-refractivity contribution >= 4 is 16.9 Å². The smallest absolute Gasteiger partial charge is 0.312 e. The second kappa shape index (κ2) is 4.22. The molecule has 2 aromatic rings. The summed E-state index contributed by atoms with van der Waals surface area (Å²) in [4.78, 5) is 11.1. The van der Waals surface area contributed by atoms with Gasteiger partial charge in [-0.3, -0.25) is 4.79 Å². The SMILES string of the molecule is Cc1cn(C)c2ccc(C(CN)C(=O)O)cc12.